The van der Waals surface area contributed by atoms with E-state index in [0.29, 0.717) is 17.4 Å². The summed E-state index contributed by atoms with van der Waals surface area (Å²) in [6.45, 7) is 0.0301. The molecule has 0 aliphatic carbocycles. The third-order valence-corrected chi connectivity index (χ3v) is 3.32. The van der Waals surface area contributed by atoms with Crippen molar-refractivity contribution < 1.29 is 18.3 Å². The molecule has 0 fully saturated rings. The molecule has 0 unspecified atom stereocenters. The van der Waals surface area contributed by atoms with Gasteiger partial charge in [0, 0.05) is 5.56 Å². The number of hydrogen-bond donors (Lipinski definition) is 0. The Morgan fingerprint density at radius 3 is 2.83 bits per heavy atom. The van der Waals surface area contributed by atoms with Gasteiger partial charge in [0.2, 0.25) is 5.89 Å². The van der Waals surface area contributed by atoms with Crippen LogP contribution in [0.15, 0.2) is 46.9 Å². The normalized spacial score (nSPS) is 10.6. The van der Waals surface area contributed by atoms with Gasteiger partial charge in [0.25, 0.3) is 5.89 Å². The van der Waals surface area contributed by atoms with Crippen LogP contribution in [-0.2, 0) is 6.61 Å². The summed E-state index contributed by atoms with van der Waals surface area (Å²) in [5.41, 5.74) is 0.739. The van der Waals surface area contributed by atoms with Gasteiger partial charge in [-0.2, -0.15) is 0 Å². The minimum atomic E-state index is -0.430. The highest BCUT2D eigenvalue weighted by molar-refractivity contribution is 6.32. The lowest BCUT2D eigenvalue weighted by molar-refractivity contribution is 0.264. The molecule has 0 aliphatic heterocycles. The Labute approximate surface area is 136 Å². The molecule has 5 nitrogen and oxygen atoms in total. The van der Waals surface area contributed by atoms with Crippen LogP contribution in [0.25, 0.3) is 11.5 Å². The van der Waals surface area contributed by atoms with Crippen LogP contribution in [0.2, 0.25) is 5.02 Å². The summed E-state index contributed by atoms with van der Waals surface area (Å²) in [5.74, 6) is 1.24. The molecular formula is C16H12ClFN2O3. The van der Waals surface area contributed by atoms with Crippen LogP contribution < -0.4 is 9.47 Å². The van der Waals surface area contributed by atoms with Crippen molar-refractivity contribution in [3.8, 4) is 23.0 Å². The van der Waals surface area contributed by atoms with Crippen LogP contribution in [0.1, 0.15) is 5.89 Å². The van der Waals surface area contributed by atoms with Gasteiger partial charge in [0.05, 0.1) is 12.1 Å². The van der Waals surface area contributed by atoms with E-state index in [1.54, 1.807) is 13.2 Å². The van der Waals surface area contributed by atoms with Crippen molar-refractivity contribution in [1.29, 1.82) is 0 Å². The van der Waals surface area contributed by atoms with Crippen molar-refractivity contribution in [2.75, 3.05) is 7.11 Å². The molecule has 0 spiro atoms. The minimum absolute atomic E-state index is 0.0301. The van der Waals surface area contributed by atoms with E-state index in [0.717, 1.165) is 5.56 Å². The molecule has 0 amide bonds. The van der Waals surface area contributed by atoms with E-state index in [2.05, 4.69) is 10.2 Å². The zero-order valence-corrected chi connectivity index (χ0v) is 12.9. The lowest BCUT2D eigenvalue weighted by Crippen LogP contribution is -1.96. The zero-order chi connectivity index (χ0) is 16.2. The molecule has 3 aromatic rings. The first-order chi connectivity index (χ1) is 11.2. The van der Waals surface area contributed by atoms with Gasteiger partial charge >= 0.3 is 0 Å². The van der Waals surface area contributed by atoms with E-state index in [1.165, 1.54) is 18.2 Å². The fourth-order valence-electron chi connectivity index (χ4n) is 1.92. The van der Waals surface area contributed by atoms with E-state index in [1.807, 2.05) is 18.2 Å². The highest BCUT2D eigenvalue weighted by Gasteiger charge is 2.11. The van der Waals surface area contributed by atoms with Crippen LogP contribution in [0.4, 0.5) is 4.39 Å². The fourth-order valence-corrected chi connectivity index (χ4v) is 2.14. The molecule has 0 radical (unpaired) electrons. The zero-order valence-electron chi connectivity index (χ0n) is 12.1. The minimum Gasteiger partial charge on any atom is -0.497 e. The van der Waals surface area contributed by atoms with E-state index in [9.17, 15) is 4.39 Å². The van der Waals surface area contributed by atoms with Crippen LogP contribution in [0, 0.1) is 5.82 Å². The first kappa shape index (κ1) is 15.3. The maximum atomic E-state index is 13.0. The monoisotopic (exact) mass is 334 g/mol. The van der Waals surface area contributed by atoms with Gasteiger partial charge in [-0.05, 0) is 36.4 Å². The molecule has 0 saturated carbocycles. The van der Waals surface area contributed by atoms with Crippen molar-refractivity contribution in [2.24, 2.45) is 0 Å². The summed E-state index contributed by atoms with van der Waals surface area (Å²) in [5, 5.41) is 8.05. The van der Waals surface area contributed by atoms with E-state index >= 15 is 0 Å². The number of hydrogen-bond acceptors (Lipinski definition) is 5. The van der Waals surface area contributed by atoms with Gasteiger partial charge in [0.15, 0.2) is 6.61 Å². The van der Waals surface area contributed by atoms with Gasteiger partial charge in [-0.1, -0.05) is 17.7 Å². The molecule has 0 N–H and O–H groups in total. The number of methoxy groups -OCH3 is 1. The Morgan fingerprint density at radius 2 is 2.04 bits per heavy atom. The quantitative estimate of drug-likeness (QED) is 0.702. The molecule has 1 heterocycles. The molecule has 3 rings (SSSR count). The molecular weight excluding hydrogens is 323 g/mol. The first-order valence-corrected chi connectivity index (χ1v) is 7.08. The fraction of sp³-hybridized carbons (Fsp3) is 0.125. The first-order valence-electron chi connectivity index (χ1n) is 6.70. The second kappa shape index (κ2) is 6.66. The Balaban J connectivity index is 1.72. The summed E-state index contributed by atoms with van der Waals surface area (Å²) < 4.78 is 29.1. The summed E-state index contributed by atoms with van der Waals surface area (Å²) >= 11 is 5.88. The number of rotatable bonds is 5. The average Bonchev–Trinajstić information content (AvgIpc) is 3.03. The summed E-state index contributed by atoms with van der Waals surface area (Å²) in [4.78, 5) is 0. The second-order valence-corrected chi connectivity index (χ2v) is 5.00. The number of aromatic nitrogens is 2. The average molecular weight is 335 g/mol. The molecule has 23 heavy (non-hydrogen) atoms. The van der Waals surface area contributed by atoms with Gasteiger partial charge in [-0.3, -0.25) is 0 Å². The second-order valence-electron chi connectivity index (χ2n) is 4.60. The van der Waals surface area contributed by atoms with Gasteiger partial charge in [0.1, 0.15) is 17.3 Å². The number of ether oxygens (including phenoxy) is 2. The molecule has 2 aromatic carbocycles. The molecule has 0 bridgehead atoms. The maximum absolute atomic E-state index is 13.0. The molecule has 7 heteroatoms. The van der Waals surface area contributed by atoms with Crippen molar-refractivity contribution >= 4 is 11.6 Å². The van der Waals surface area contributed by atoms with Crippen molar-refractivity contribution in [1.82, 2.24) is 10.2 Å². The molecule has 0 aliphatic rings. The Hall–Kier alpha value is -2.60. The molecule has 118 valence electrons. The highest BCUT2D eigenvalue weighted by atomic mass is 35.5. The third-order valence-electron chi connectivity index (χ3n) is 3.03. The predicted molar refractivity (Wildman–Crippen MR) is 82.0 cm³/mol. The Morgan fingerprint density at radius 1 is 1.17 bits per heavy atom. The van der Waals surface area contributed by atoms with Crippen LogP contribution in [0.5, 0.6) is 11.5 Å². The SMILES string of the molecule is COc1cccc(-c2nnc(COc3ccc(F)cc3Cl)o2)c1. The standard InChI is InChI=1S/C16H12ClFN2O3/c1-21-12-4-2-3-10(7-12)16-20-19-15(23-16)9-22-14-6-5-11(18)8-13(14)17/h2-8H,9H2,1H3. The Bertz CT molecular complexity index is 823. The van der Waals surface area contributed by atoms with Crippen molar-refractivity contribution in [3.63, 3.8) is 0 Å². The van der Waals surface area contributed by atoms with Gasteiger partial charge < -0.3 is 13.9 Å². The topological polar surface area (TPSA) is 57.4 Å². The predicted octanol–water partition coefficient (Wildman–Crippen LogP) is 4.12. The molecule has 0 saturated heterocycles. The smallest absolute Gasteiger partial charge is 0.254 e. The third kappa shape index (κ3) is 3.60. The van der Waals surface area contributed by atoms with E-state index in [4.69, 9.17) is 25.5 Å². The lowest BCUT2D eigenvalue weighted by Gasteiger charge is -2.05. The molecule has 1 aromatic heterocycles. The summed E-state index contributed by atoms with van der Waals surface area (Å²) in [7, 11) is 1.58. The van der Waals surface area contributed by atoms with E-state index in [-0.39, 0.29) is 17.5 Å². The van der Waals surface area contributed by atoms with Crippen molar-refractivity contribution in [3.05, 3.63) is 59.2 Å². The summed E-state index contributed by atoms with van der Waals surface area (Å²) in [6, 6.07) is 11.1. The van der Waals surface area contributed by atoms with Crippen molar-refractivity contribution in [2.45, 2.75) is 6.61 Å². The van der Waals surface area contributed by atoms with Gasteiger partial charge in [-0.25, -0.2) is 4.39 Å². The highest BCUT2D eigenvalue weighted by Crippen LogP contribution is 2.26. The van der Waals surface area contributed by atoms with Crippen LogP contribution in [0.3, 0.4) is 0 Å². The van der Waals surface area contributed by atoms with Crippen LogP contribution >= 0.6 is 11.6 Å². The van der Waals surface area contributed by atoms with Crippen LogP contribution in [-0.4, -0.2) is 17.3 Å². The number of nitrogens with zero attached hydrogens (tertiary/aromatic N) is 2. The number of halogens is 2. The number of benzene rings is 2. The lowest BCUT2D eigenvalue weighted by atomic mass is 10.2. The maximum Gasteiger partial charge on any atom is 0.254 e. The Kier molecular flexibility index (Phi) is 4.43. The summed E-state index contributed by atoms with van der Waals surface area (Å²) in [6.07, 6.45) is 0. The largest absolute Gasteiger partial charge is 0.497 e. The van der Waals surface area contributed by atoms with E-state index < -0.39 is 5.82 Å². The molecule has 0 atom stereocenters. The van der Waals surface area contributed by atoms with Gasteiger partial charge in [-0.15, -0.1) is 10.2 Å².